The molecule has 0 spiro atoms. The Morgan fingerprint density at radius 3 is 2.38 bits per heavy atom. The highest BCUT2D eigenvalue weighted by atomic mass is 35.5. The first-order valence-corrected chi connectivity index (χ1v) is 8.43. The molecule has 0 saturated heterocycles. The maximum absolute atomic E-state index is 11.5. The van der Waals surface area contributed by atoms with Crippen LogP contribution in [-0.2, 0) is 18.4 Å². The Morgan fingerprint density at radius 2 is 1.71 bits per heavy atom. The van der Waals surface area contributed by atoms with E-state index in [0.29, 0.717) is 22.9 Å². The summed E-state index contributed by atoms with van der Waals surface area (Å²) < 4.78 is 0. The third kappa shape index (κ3) is 3.96. The molecule has 0 radical (unpaired) electrons. The van der Waals surface area contributed by atoms with Crippen molar-refractivity contribution in [3.05, 3.63) is 99.8 Å². The molecule has 2 aromatic carbocycles. The summed E-state index contributed by atoms with van der Waals surface area (Å²) in [6.45, 7) is 0. The average molecular weight is 358 g/mol. The van der Waals surface area contributed by atoms with Gasteiger partial charge in [0.1, 0.15) is 0 Å². The summed E-state index contributed by atoms with van der Waals surface area (Å²) in [5.41, 5.74) is 1.56. The molecule has 0 amide bonds. The molecule has 1 aromatic heterocycles. The van der Waals surface area contributed by atoms with Crippen molar-refractivity contribution in [2.75, 3.05) is 0 Å². The van der Waals surface area contributed by atoms with Crippen LogP contribution in [0.4, 0.5) is 0 Å². The van der Waals surface area contributed by atoms with E-state index in [0.717, 1.165) is 16.7 Å². The summed E-state index contributed by atoms with van der Waals surface area (Å²) in [4.78, 5) is 4.16. The van der Waals surface area contributed by atoms with Gasteiger partial charge >= 0.3 is 0 Å². The first-order valence-electron chi connectivity index (χ1n) is 7.67. The summed E-state index contributed by atoms with van der Waals surface area (Å²) in [5, 5.41) is 12.6. The molecule has 3 aromatic rings. The second-order valence-electron chi connectivity index (χ2n) is 5.85. The predicted octanol–water partition coefficient (Wildman–Crippen LogP) is 5.06. The van der Waals surface area contributed by atoms with Gasteiger partial charge in [0.05, 0.1) is 5.60 Å². The van der Waals surface area contributed by atoms with Crippen LogP contribution in [0.15, 0.2) is 73.1 Å². The number of benzene rings is 2. The smallest absolute Gasteiger partial charge is 0.0992 e. The molecular formula is C20H17Cl2NO. The van der Waals surface area contributed by atoms with Gasteiger partial charge in [-0.05, 0) is 29.3 Å². The number of halogens is 2. The second-order valence-corrected chi connectivity index (χ2v) is 6.69. The van der Waals surface area contributed by atoms with Gasteiger partial charge in [0.25, 0.3) is 0 Å². The van der Waals surface area contributed by atoms with E-state index in [4.69, 9.17) is 23.2 Å². The molecule has 0 aliphatic heterocycles. The highest BCUT2D eigenvalue weighted by Crippen LogP contribution is 2.32. The summed E-state index contributed by atoms with van der Waals surface area (Å²) in [6.07, 6.45) is 4.25. The van der Waals surface area contributed by atoms with Crippen LogP contribution >= 0.6 is 23.2 Å². The van der Waals surface area contributed by atoms with Crippen LogP contribution in [0.3, 0.4) is 0 Å². The van der Waals surface area contributed by atoms with Crippen LogP contribution in [0, 0.1) is 0 Å². The van der Waals surface area contributed by atoms with Crippen LogP contribution < -0.4 is 0 Å². The zero-order valence-electron chi connectivity index (χ0n) is 13.0. The number of nitrogens with zero attached hydrogens (tertiary/aromatic N) is 1. The fourth-order valence-corrected chi connectivity index (χ4v) is 3.29. The maximum atomic E-state index is 11.5. The Morgan fingerprint density at radius 1 is 0.917 bits per heavy atom. The van der Waals surface area contributed by atoms with E-state index in [1.807, 2.05) is 48.5 Å². The van der Waals surface area contributed by atoms with Crippen LogP contribution in [0.1, 0.15) is 16.7 Å². The molecular weight excluding hydrogens is 341 g/mol. The van der Waals surface area contributed by atoms with Crippen molar-refractivity contribution in [2.45, 2.75) is 18.4 Å². The van der Waals surface area contributed by atoms with Gasteiger partial charge in [0.15, 0.2) is 0 Å². The lowest BCUT2D eigenvalue weighted by atomic mass is 9.83. The van der Waals surface area contributed by atoms with E-state index in [2.05, 4.69) is 4.98 Å². The second kappa shape index (κ2) is 7.35. The molecule has 122 valence electrons. The number of hydrogen-bond donors (Lipinski definition) is 1. The van der Waals surface area contributed by atoms with Crippen molar-refractivity contribution in [1.29, 1.82) is 0 Å². The zero-order chi connectivity index (χ0) is 17.0. The van der Waals surface area contributed by atoms with Crippen molar-refractivity contribution < 1.29 is 5.11 Å². The highest BCUT2D eigenvalue weighted by molar-refractivity contribution is 6.35. The van der Waals surface area contributed by atoms with Crippen LogP contribution in [0.5, 0.6) is 0 Å². The lowest BCUT2D eigenvalue weighted by Gasteiger charge is -2.29. The number of rotatable bonds is 5. The van der Waals surface area contributed by atoms with Crippen molar-refractivity contribution in [1.82, 2.24) is 4.98 Å². The average Bonchev–Trinajstić information content (AvgIpc) is 2.59. The van der Waals surface area contributed by atoms with E-state index in [-0.39, 0.29) is 0 Å². The van der Waals surface area contributed by atoms with Crippen molar-refractivity contribution in [3.63, 3.8) is 0 Å². The monoisotopic (exact) mass is 357 g/mol. The Bertz CT molecular complexity index is 808. The van der Waals surface area contributed by atoms with Gasteiger partial charge in [-0.15, -0.1) is 0 Å². The predicted molar refractivity (Wildman–Crippen MR) is 98.4 cm³/mol. The first kappa shape index (κ1) is 17.0. The molecule has 0 aliphatic rings. The number of aliphatic hydroxyl groups is 1. The Kier molecular flexibility index (Phi) is 5.20. The number of pyridine rings is 1. The minimum Gasteiger partial charge on any atom is -0.384 e. The lowest BCUT2D eigenvalue weighted by Crippen LogP contribution is -2.31. The third-order valence-corrected chi connectivity index (χ3v) is 4.62. The maximum Gasteiger partial charge on any atom is 0.0992 e. The van der Waals surface area contributed by atoms with Gasteiger partial charge in [-0.1, -0.05) is 65.7 Å². The van der Waals surface area contributed by atoms with Gasteiger partial charge in [0, 0.05) is 40.8 Å². The molecule has 0 fully saturated rings. The molecule has 1 N–H and O–H groups in total. The standard InChI is InChI=1S/C20H17Cl2NO/c21-18-9-8-16(19(22)11-18)13-20(24,17-7-4-10-23-14-17)12-15-5-2-1-3-6-15/h1-11,14,24H,12-13H2. The van der Waals surface area contributed by atoms with E-state index in [1.54, 1.807) is 24.5 Å². The normalized spacial score (nSPS) is 13.5. The molecule has 2 nitrogen and oxygen atoms in total. The van der Waals surface area contributed by atoms with Crippen molar-refractivity contribution in [3.8, 4) is 0 Å². The summed E-state index contributed by atoms with van der Waals surface area (Å²) in [5.74, 6) is 0. The van der Waals surface area contributed by atoms with Crippen molar-refractivity contribution >= 4 is 23.2 Å². The third-order valence-electron chi connectivity index (χ3n) is 4.04. The fourth-order valence-electron chi connectivity index (χ4n) is 2.82. The Balaban J connectivity index is 1.98. The fraction of sp³-hybridized carbons (Fsp3) is 0.150. The molecule has 1 unspecified atom stereocenters. The number of aromatic nitrogens is 1. The van der Waals surface area contributed by atoms with Crippen LogP contribution in [0.2, 0.25) is 10.0 Å². The molecule has 3 rings (SSSR count). The SMILES string of the molecule is OC(Cc1ccccc1)(Cc1ccc(Cl)cc1Cl)c1cccnc1. The lowest BCUT2D eigenvalue weighted by molar-refractivity contribution is 0.0368. The molecule has 1 atom stereocenters. The van der Waals surface area contributed by atoms with Gasteiger partial charge in [-0.25, -0.2) is 0 Å². The van der Waals surface area contributed by atoms with Crippen molar-refractivity contribution in [2.24, 2.45) is 0 Å². The van der Waals surface area contributed by atoms with E-state index in [9.17, 15) is 5.11 Å². The topological polar surface area (TPSA) is 33.1 Å². The quantitative estimate of drug-likeness (QED) is 0.691. The van der Waals surface area contributed by atoms with Gasteiger partial charge in [0.2, 0.25) is 0 Å². The summed E-state index contributed by atoms with van der Waals surface area (Å²) in [7, 11) is 0. The zero-order valence-corrected chi connectivity index (χ0v) is 14.5. The van der Waals surface area contributed by atoms with Gasteiger partial charge in [-0.2, -0.15) is 0 Å². The van der Waals surface area contributed by atoms with Gasteiger partial charge < -0.3 is 5.11 Å². The molecule has 4 heteroatoms. The molecule has 0 bridgehead atoms. The minimum absolute atomic E-state index is 0.379. The largest absolute Gasteiger partial charge is 0.384 e. The van der Waals surface area contributed by atoms with E-state index >= 15 is 0 Å². The minimum atomic E-state index is -1.10. The molecule has 0 aliphatic carbocycles. The summed E-state index contributed by atoms with van der Waals surface area (Å²) >= 11 is 12.3. The molecule has 24 heavy (non-hydrogen) atoms. The molecule has 1 heterocycles. The first-order chi connectivity index (χ1) is 11.6. The Labute approximate surface area is 151 Å². The molecule has 0 saturated carbocycles. The number of hydrogen-bond acceptors (Lipinski definition) is 2. The Hall–Kier alpha value is -1.87. The highest BCUT2D eigenvalue weighted by Gasteiger charge is 2.31. The van der Waals surface area contributed by atoms with Crippen LogP contribution in [-0.4, -0.2) is 10.1 Å². The van der Waals surface area contributed by atoms with E-state index in [1.165, 1.54) is 0 Å². The van der Waals surface area contributed by atoms with Gasteiger partial charge in [-0.3, -0.25) is 4.98 Å². The van der Waals surface area contributed by atoms with E-state index < -0.39 is 5.60 Å². The summed E-state index contributed by atoms with van der Waals surface area (Å²) in [6, 6.07) is 19.0. The van der Waals surface area contributed by atoms with Crippen LogP contribution in [0.25, 0.3) is 0 Å².